The second-order valence-corrected chi connectivity index (χ2v) is 13.0. The molecule has 3 heteroatoms. The Hall–Kier alpha value is -2.85. The molecular weight excluding hydrogens is 529 g/mol. The molecule has 0 fully saturated rings. The molecule has 0 aliphatic carbocycles. The minimum atomic E-state index is 1.03. The average molecular weight is 561 g/mol. The van der Waals surface area contributed by atoms with Crippen LogP contribution in [0.15, 0.2) is 121 Å². The highest BCUT2D eigenvalue weighted by molar-refractivity contribution is 7.98. The predicted molar refractivity (Wildman–Crippen MR) is 175 cm³/mol. The van der Waals surface area contributed by atoms with Gasteiger partial charge in [-0.1, -0.05) is 121 Å². The summed E-state index contributed by atoms with van der Waals surface area (Å²) in [7, 11) is 0. The fourth-order valence-corrected chi connectivity index (χ4v) is 7.64. The molecule has 0 spiro atoms. The molecule has 17 rings (SSSR count). The molecule has 12 heterocycles. The summed E-state index contributed by atoms with van der Waals surface area (Å²) in [6.45, 7) is 0. The lowest BCUT2D eigenvalue weighted by Gasteiger charge is -2.08. The van der Waals surface area contributed by atoms with Gasteiger partial charge in [-0.2, -0.15) is 35.3 Å². The van der Waals surface area contributed by atoms with Crippen LogP contribution in [0.25, 0.3) is 22.3 Å². The quantitative estimate of drug-likeness (QED) is 0.185. The van der Waals surface area contributed by atoms with Gasteiger partial charge in [0.15, 0.2) is 0 Å². The number of hydrogen-bond donors (Lipinski definition) is 0. The lowest BCUT2D eigenvalue weighted by molar-refractivity contribution is 1.32. The van der Waals surface area contributed by atoms with Crippen LogP contribution in [0.2, 0.25) is 0 Å². The molecule has 5 aromatic carbocycles. The maximum atomic E-state index is 2.30. The van der Waals surface area contributed by atoms with Crippen LogP contribution in [0.1, 0.15) is 33.4 Å². The lowest BCUT2D eigenvalue weighted by Crippen LogP contribution is -1.87. The van der Waals surface area contributed by atoms with E-state index in [-0.39, 0.29) is 0 Å². The maximum Gasteiger partial charge on any atom is 0.0187 e. The molecule has 0 saturated carbocycles. The van der Waals surface area contributed by atoms with Crippen molar-refractivity contribution < 1.29 is 0 Å². The van der Waals surface area contributed by atoms with Crippen LogP contribution >= 0.6 is 35.3 Å². The molecule has 12 aliphatic rings. The molecule has 0 radical (unpaired) electrons. The second-order valence-electron chi connectivity index (χ2n) is 10.1. The van der Waals surface area contributed by atoms with E-state index in [1.807, 2.05) is 35.3 Å². The molecule has 0 nitrogen and oxygen atoms in total. The summed E-state index contributed by atoms with van der Waals surface area (Å²) in [5.74, 6) is 6.22. The molecule has 0 atom stereocenters. The first-order valence-corrected chi connectivity index (χ1v) is 16.9. The Labute approximate surface area is 245 Å². The van der Waals surface area contributed by atoms with Gasteiger partial charge >= 0.3 is 0 Å². The first-order chi connectivity index (χ1) is 19.3. The summed E-state index contributed by atoms with van der Waals surface area (Å²) in [5.41, 5.74) is 13.5. The standard InChI is InChI=1S/C36H32S3/c1-2-28-4-3-27(1)21-37-23-29-5-13-33(14-6-29)35-17-9-31(10-18-35)25-39-26-32-11-19-36(20-12-32)34-15-7-30(8-16-34)24-38-22-28/h1-20H,21-26H2. The van der Waals surface area contributed by atoms with Crippen LogP contribution in [0.5, 0.6) is 0 Å². The fourth-order valence-electron chi connectivity index (χ4n) is 4.77. The molecule has 0 amide bonds. The van der Waals surface area contributed by atoms with Crippen molar-refractivity contribution in [3.63, 3.8) is 0 Å². The molecule has 0 saturated heterocycles. The van der Waals surface area contributed by atoms with Crippen molar-refractivity contribution in [1.82, 2.24) is 0 Å². The van der Waals surface area contributed by atoms with Crippen molar-refractivity contribution in [2.24, 2.45) is 0 Å². The summed E-state index contributed by atoms with van der Waals surface area (Å²) in [4.78, 5) is 0. The molecule has 0 aromatic heterocycles. The first-order valence-electron chi connectivity index (χ1n) is 13.5. The van der Waals surface area contributed by atoms with E-state index in [1.54, 1.807) is 0 Å². The number of rotatable bonds is 0. The normalized spacial score (nSPS) is 14.3. The molecule has 10 bridgehead atoms. The van der Waals surface area contributed by atoms with Crippen molar-refractivity contribution in [2.75, 3.05) is 0 Å². The van der Waals surface area contributed by atoms with Gasteiger partial charge in [-0.05, 0) is 55.6 Å². The van der Waals surface area contributed by atoms with E-state index in [4.69, 9.17) is 0 Å². The molecule has 12 aliphatic heterocycles. The van der Waals surface area contributed by atoms with E-state index in [0.717, 1.165) is 34.5 Å². The summed E-state index contributed by atoms with van der Waals surface area (Å²) in [6, 6.07) is 45.5. The Morgan fingerprint density at radius 3 is 0.564 bits per heavy atom. The van der Waals surface area contributed by atoms with Gasteiger partial charge in [0, 0.05) is 34.5 Å². The minimum Gasteiger partial charge on any atom is -0.152 e. The largest absolute Gasteiger partial charge is 0.152 e. The van der Waals surface area contributed by atoms with Gasteiger partial charge in [0.25, 0.3) is 0 Å². The van der Waals surface area contributed by atoms with Gasteiger partial charge in [0.05, 0.1) is 0 Å². The Kier molecular flexibility index (Phi) is 8.79. The van der Waals surface area contributed by atoms with Crippen molar-refractivity contribution in [3.05, 3.63) is 155 Å². The van der Waals surface area contributed by atoms with Gasteiger partial charge in [0.1, 0.15) is 0 Å². The van der Waals surface area contributed by atoms with Gasteiger partial charge in [-0.25, -0.2) is 0 Å². The van der Waals surface area contributed by atoms with E-state index in [1.165, 1.54) is 55.6 Å². The minimum absolute atomic E-state index is 1.03. The van der Waals surface area contributed by atoms with E-state index >= 15 is 0 Å². The van der Waals surface area contributed by atoms with Crippen LogP contribution in [0.3, 0.4) is 0 Å². The number of benzene rings is 5. The van der Waals surface area contributed by atoms with Crippen LogP contribution in [-0.2, 0) is 34.5 Å². The summed E-state index contributed by atoms with van der Waals surface area (Å²) in [5, 5.41) is 0. The van der Waals surface area contributed by atoms with E-state index in [9.17, 15) is 0 Å². The molecule has 194 valence electrons. The van der Waals surface area contributed by atoms with Crippen LogP contribution < -0.4 is 0 Å². The highest BCUT2D eigenvalue weighted by atomic mass is 32.2. The molecule has 0 unspecified atom stereocenters. The second kappa shape index (κ2) is 13.0. The number of hydrogen-bond acceptors (Lipinski definition) is 3. The van der Waals surface area contributed by atoms with Gasteiger partial charge in [0.2, 0.25) is 0 Å². The molecule has 39 heavy (non-hydrogen) atoms. The van der Waals surface area contributed by atoms with Crippen molar-refractivity contribution in [2.45, 2.75) is 34.5 Å². The van der Waals surface area contributed by atoms with E-state index in [2.05, 4.69) is 121 Å². The van der Waals surface area contributed by atoms with Gasteiger partial charge in [-0.15, -0.1) is 0 Å². The van der Waals surface area contributed by atoms with Gasteiger partial charge < -0.3 is 0 Å². The summed E-state index contributed by atoms with van der Waals surface area (Å²) >= 11 is 5.95. The third-order valence-electron chi connectivity index (χ3n) is 7.12. The van der Waals surface area contributed by atoms with Crippen LogP contribution in [0, 0.1) is 0 Å². The summed E-state index contributed by atoms with van der Waals surface area (Å²) in [6.07, 6.45) is 0. The van der Waals surface area contributed by atoms with E-state index in [0.29, 0.717) is 0 Å². The van der Waals surface area contributed by atoms with E-state index < -0.39 is 0 Å². The Morgan fingerprint density at radius 2 is 0.385 bits per heavy atom. The zero-order valence-electron chi connectivity index (χ0n) is 22.0. The average Bonchev–Trinajstić information content (AvgIpc) is 2.99. The Morgan fingerprint density at radius 1 is 0.231 bits per heavy atom. The third-order valence-corrected chi connectivity index (χ3v) is 10.3. The third kappa shape index (κ3) is 7.22. The molecule has 0 N–H and O–H groups in total. The first kappa shape index (κ1) is 26.4. The highest BCUT2D eigenvalue weighted by Gasteiger charge is 2.04. The highest BCUT2D eigenvalue weighted by Crippen LogP contribution is 2.27. The van der Waals surface area contributed by atoms with Crippen LogP contribution in [0.4, 0.5) is 0 Å². The zero-order chi connectivity index (χ0) is 26.3. The number of thioether (sulfide) groups is 3. The summed E-state index contributed by atoms with van der Waals surface area (Å²) < 4.78 is 0. The van der Waals surface area contributed by atoms with Crippen molar-refractivity contribution in [1.29, 1.82) is 0 Å². The zero-order valence-corrected chi connectivity index (χ0v) is 24.5. The molecule has 5 aromatic rings. The van der Waals surface area contributed by atoms with Crippen molar-refractivity contribution >= 4 is 35.3 Å². The SMILES string of the molecule is c1cc2ccc1CSCc1ccc(cc1)-c1ccc(cc1)CSCc1ccc(cc1)-c1ccc(cc1)CSC2. The van der Waals surface area contributed by atoms with Crippen LogP contribution in [-0.4, -0.2) is 0 Å². The Balaban J connectivity index is 1.18. The predicted octanol–water partition coefficient (Wildman–Crippen LogP) is 10.6. The monoisotopic (exact) mass is 560 g/mol. The molecular formula is C36H32S3. The van der Waals surface area contributed by atoms with Crippen molar-refractivity contribution in [3.8, 4) is 22.3 Å². The topological polar surface area (TPSA) is 0 Å². The smallest absolute Gasteiger partial charge is 0.0187 e. The fraction of sp³-hybridized carbons (Fsp3) is 0.167. The lowest BCUT2D eigenvalue weighted by atomic mass is 10.0. The van der Waals surface area contributed by atoms with Gasteiger partial charge in [-0.3, -0.25) is 0 Å². The Bertz CT molecular complexity index is 1350. The maximum absolute atomic E-state index is 2.30.